The maximum absolute atomic E-state index is 2.35. The molecule has 0 amide bonds. The van der Waals surface area contributed by atoms with Crippen molar-refractivity contribution in [2.75, 3.05) is 25.6 Å². The molecule has 0 aromatic heterocycles. The normalized spacial score (nSPS) is 31.9. The lowest BCUT2D eigenvalue weighted by molar-refractivity contribution is 0.556. The lowest BCUT2D eigenvalue weighted by atomic mass is 10.6. The highest BCUT2D eigenvalue weighted by Crippen LogP contribution is 2.17. The molecule has 0 saturated heterocycles. The maximum Gasteiger partial charge on any atom is 0.0147 e. The number of hydrogen-bond donors (Lipinski definition) is 0. The summed E-state index contributed by atoms with van der Waals surface area (Å²) >= 11 is 0. The molecule has 0 bridgehead atoms. The largest absolute Gasteiger partial charge is 0.276 e. The molecule has 0 N–H and O–H groups in total. The molecule has 0 aromatic carbocycles. The maximum atomic E-state index is 2.35. The minimum absolute atomic E-state index is 0.595. The summed E-state index contributed by atoms with van der Waals surface area (Å²) in [5, 5.41) is 0. The Morgan fingerprint density at radius 2 is 2.25 bits per heavy atom. The van der Waals surface area contributed by atoms with Crippen molar-refractivity contribution in [1.29, 1.82) is 0 Å². The summed E-state index contributed by atoms with van der Waals surface area (Å²) in [5.41, 5.74) is 0. The van der Waals surface area contributed by atoms with Crippen LogP contribution >= 0.6 is 10.5 Å². The molecule has 1 aliphatic rings. The van der Waals surface area contributed by atoms with Crippen LogP contribution in [0, 0.1) is 0 Å². The number of hydrogen-bond acceptors (Lipinski definition) is 1. The summed E-state index contributed by atoms with van der Waals surface area (Å²) < 4.78 is 0. The van der Waals surface area contributed by atoms with E-state index in [2.05, 4.69) is 25.1 Å². The molecule has 48 valence electrons. The summed E-state index contributed by atoms with van der Waals surface area (Å²) in [6, 6.07) is 0. The summed E-state index contributed by atoms with van der Waals surface area (Å²) in [7, 11) is 2.77. The van der Waals surface area contributed by atoms with E-state index in [9.17, 15) is 0 Å². The molecule has 1 heterocycles. The van der Waals surface area contributed by atoms with Gasteiger partial charge in [-0.05, 0) is 20.2 Å². The van der Waals surface area contributed by atoms with Gasteiger partial charge in [-0.3, -0.25) is 4.90 Å². The van der Waals surface area contributed by atoms with Crippen molar-refractivity contribution >= 4 is 15.5 Å². The highest BCUT2D eigenvalue weighted by molar-refractivity contribution is 8.15. The molecule has 0 radical (unpaired) electrons. The summed E-state index contributed by atoms with van der Waals surface area (Å²) in [4.78, 5) is 3.92. The molecule has 1 unspecified atom stereocenters. The molecule has 8 heavy (non-hydrogen) atoms. The first-order valence-electron chi connectivity index (χ1n) is 2.89. The average Bonchev–Trinajstić information content (AvgIpc) is 1.98. The van der Waals surface area contributed by atoms with Gasteiger partial charge in [0.2, 0.25) is 0 Å². The van der Waals surface area contributed by atoms with Gasteiger partial charge in [0.1, 0.15) is 0 Å². The van der Waals surface area contributed by atoms with Gasteiger partial charge >= 0.3 is 0 Å². The second-order valence-corrected chi connectivity index (χ2v) is 4.56. The minimum atomic E-state index is 0.595. The van der Waals surface area contributed by atoms with E-state index in [0.29, 0.717) is 10.5 Å². The van der Waals surface area contributed by atoms with E-state index in [-0.39, 0.29) is 0 Å². The van der Waals surface area contributed by atoms with Gasteiger partial charge in [0.15, 0.2) is 0 Å². The highest BCUT2D eigenvalue weighted by Gasteiger charge is 2.09. The smallest absolute Gasteiger partial charge is 0.0147 e. The highest BCUT2D eigenvalue weighted by atomic mass is 32.2. The first kappa shape index (κ1) is 6.30. The van der Waals surface area contributed by atoms with Gasteiger partial charge in [-0.25, -0.2) is 0 Å². The molecule has 1 aliphatic heterocycles. The SMILES string of the molecule is CC1=S(C)CCN1C. The summed E-state index contributed by atoms with van der Waals surface area (Å²) in [6.07, 6.45) is 2.32. The monoisotopic (exact) mass is 131 g/mol. The van der Waals surface area contributed by atoms with E-state index in [1.165, 1.54) is 12.3 Å². The zero-order valence-electron chi connectivity index (χ0n) is 5.77. The first-order chi connectivity index (χ1) is 3.72. The van der Waals surface area contributed by atoms with Crippen molar-refractivity contribution in [1.82, 2.24) is 4.90 Å². The minimum Gasteiger partial charge on any atom is -0.276 e. The Bertz CT molecular complexity index is 128. The van der Waals surface area contributed by atoms with Crippen molar-refractivity contribution in [2.45, 2.75) is 6.92 Å². The molecule has 0 fully saturated rings. The lowest BCUT2D eigenvalue weighted by Crippen LogP contribution is -2.19. The predicted molar refractivity (Wildman–Crippen MR) is 41.7 cm³/mol. The Kier molecular flexibility index (Phi) is 1.73. The lowest BCUT2D eigenvalue weighted by Gasteiger charge is -2.06. The van der Waals surface area contributed by atoms with Crippen LogP contribution in [0.4, 0.5) is 0 Å². The van der Waals surface area contributed by atoms with E-state index >= 15 is 0 Å². The van der Waals surface area contributed by atoms with Crippen molar-refractivity contribution in [3.05, 3.63) is 0 Å². The fourth-order valence-corrected chi connectivity index (χ4v) is 2.31. The van der Waals surface area contributed by atoms with Crippen LogP contribution in [0.3, 0.4) is 0 Å². The van der Waals surface area contributed by atoms with Crippen molar-refractivity contribution in [2.24, 2.45) is 0 Å². The van der Waals surface area contributed by atoms with Gasteiger partial charge in [0.05, 0.1) is 0 Å². The van der Waals surface area contributed by atoms with E-state index in [0.717, 1.165) is 0 Å². The molecule has 0 spiro atoms. The summed E-state index contributed by atoms with van der Waals surface area (Å²) in [5.74, 6) is 1.38. The Hall–Kier alpha value is 0.180. The number of rotatable bonds is 0. The third-order valence-electron chi connectivity index (χ3n) is 1.77. The molecule has 1 atom stereocenters. The van der Waals surface area contributed by atoms with Gasteiger partial charge in [0, 0.05) is 17.3 Å². The Balaban J connectivity index is 2.71. The predicted octanol–water partition coefficient (Wildman–Crippen LogP) is 0.980. The second kappa shape index (κ2) is 2.19. The molecule has 0 saturated carbocycles. The van der Waals surface area contributed by atoms with Crippen LogP contribution < -0.4 is 0 Å². The van der Waals surface area contributed by atoms with Gasteiger partial charge < -0.3 is 0 Å². The van der Waals surface area contributed by atoms with E-state index in [1.807, 2.05) is 0 Å². The van der Waals surface area contributed by atoms with Crippen molar-refractivity contribution in [3.8, 4) is 0 Å². The second-order valence-electron chi connectivity index (χ2n) is 2.28. The Morgan fingerprint density at radius 1 is 1.62 bits per heavy atom. The van der Waals surface area contributed by atoms with Crippen LogP contribution in [-0.4, -0.2) is 35.5 Å². The van der Waals surface area contributed by atoms with E-state index < -0.39 is 0 Å². The Labute approximate surface area is 53.6 Å². The fraction of sp³-hybridized carbons (Fsp3) is 0.833. The van der Waals surface area contributed by atoms with Crippen molar-refractivity contribution < 1.29 is 0 Å². The quantitative estimate of drug-likeness (QED) is 0.443. The molecular formula is C6H13NS. The van der Waals surface area contributed by atoms with Crippen LogP contribution in [0.2, 0.25) is 0 Å². The standard InChI is InChI=1S/C6H13NS/c1-6-7(2)4-5-8(6)3/h4-5H2,1-3H3. The van der Waals surface area contributed by atoms with Crippen molar-refractivity contribution in [3.63, 3.8) is 0 Å². The molecule has 0 aliphatic carbocycles. The van der Waals surface area contributed by atoms with Crippen LogP contribution in [0.1, 0.15) is 6.92 Å². The van der Waals surface area contributed by atoms with Gasteiger partial charge in [0.25, 0.3) is 0 Å². The third kappa shape index (κ3) is 0.955. The zero-order chi connectivity index (χ0) is 6.15. The van der Waals surface area contributed by atoms with Gasteiger partial charge in [-0.2, -0.15) is 10.5 Å². The zero-order valence-corrected chi connectivity index (χ0v) is 6.59. The Morgan fingerprint density at radius 3 is 2.38 bits per heavy atom. The van der Waals surface area contributed by atoms with E-state index in [1.54, 1.807) is 4.99 Å². The summed E-state index contributed by atoms with van der Waals surface area (Å²) in [6.45, 7) is 3.50. The van der Waals surface area contributed by atoms with Crippen LogP contribution in [0.15, 0.2) is 0 Å². The third-order valence-corrected chi connectivity index (χ3v) is 3.89. The fourth-order valence-electron chi connectivity index (χ4n) is 0.845. The molecule has 0 aromatic rings. The van der Waals surface area contributed by atoms with Crippen LogP contribution in [0.5, 0.6) is 0 Å². The number of nitrogens with zero attached hydrogens (tertiary/aromatic N) is 1. The first-order valence-corrected chi connectivity index (χ1v) is 4.69. The van der Waals surface area contributed by atoms with Crippen LogP contribution in [0.25, 0.3) is 0 Å². The topological polar surface area (TPSA) is 3.24 Å². The van der Waals surface area contributed by atoms with Crippen LogP contribution in [-0.2, 0) is 0 Å². The van der Waals surface area contributed by atoms with Gasteiger partial charge in [-0.1, -0.05) is 0 Å². The molecule has 1 nitrogen and oxygen atoms in total. The average molecular weight is 131 g/mol. The molecule has 2 heteroatoms. The molecular weight excluding hydrogens is 118 g/mol. The van der Waals surface area contributed by atoms with E-state index in [4.69, 9.17) is 0 Å². The molecule has 1 rings (SSSR count). The van der Waals surface area contributed by atoms with Gasteiger partial charge in [-0.15, -0.1) is 0 Å².